The van der Waals surface area contributed by atoms with Crippen LogP contribution in [0.2, 0.25) is 0 Å². The maximum atomic E-state index is 12.5. The first-order chi connectivity index (χ1) is 14.2. The molecule has 0 unspecified atom stereocenters. The van der Waals surface area contributed by atoms with E-state index in [0.29, 0.717) is 31.5 Å². The van der Waals surface area contributed by atoms with Gasteiger partial charge in [-0.1, -0.05) is 42.5 Å². The minimum Gasteiger partial charge on any atom is -0.445 e. The molecule has 1 amide bonds. The molecule has 0 atom stereocenters. The highest BCUT2D eigenvalue weighted by atomic mass is 32.2. The van der Waals surface area contributed by atoms with Crippen LogP contribution in [0.3, 0.4) is 0 Å². The number of piperidine rings is 1. The Morgan fingerprint density at radius 2 is 1.70 bits per heavy atom. The van der Waals surface area contributed by atoms with Gasteiger partial charge >= 0.3 is 21.7 Å². The molecule has 30 heavy (non-hydrogen) atoms. The van der Waals surface area contributed by atoms with Gasteiger partial charge in [0, 0.05) is 13.1 Å². The highest BCUT2D eigenvalue weighted by molar-refractivity contribution is 7.88. The number of rotatable bonds is 5. The molecule has 0 spiro atoms. The second kappa shape index (κ2) is 8.95. The monoisotopic (exact) mass is 443 g/mol. The lowest BCUT2D eigenvalue weighted by Crippen LogP contribution is -2.38. The van der Waals surface area contributed by atoms with Crippen LogP contribution in [0.4, 0.5) is 18.0 Å². The number of likely N-dealkylation sites (tertiary alicyclic amines) is 1. The first-order valence-electron chi connectivity index (χ1n) is 9.22. The van der Waals surface area contributed by atoms with Gasteiger partial charge in [0.25, 0.3) is 0 Å². The van der Waals surface area contributed by atoms with E-state index in [1.165, 1.54) is 12.1 Å². The van der Waals surface area contributed by atoms with Gasteiger partial charge in [0.1, 0.15) is 12.4 Å². The molecule has 1 aliphatic heterocycles. The molecule has 10 heteroatoms. The number of carbonyl (C=O) groups is 1. The van der Waals surface area contributed by atoms with E-state index in [1.807, 2.05) is 30.3 Å². The molecule has 1 saturated heterocycles. The first kappa shape index (κ1) is 21.9. The zero-order valence-corrected chi connectivity index (χ0v) is 16.7. The number of halogens is 3. The average molecular weight is 443 g/mol. The second-order valence-electron chi connectivity index (χ2n) is 6.86. The third kappa shape index (κ3) is 5.44. The summed E-state index contributed by atoms with van der Waals surface area (Å²) in [6.45, 7) is 1.01. The lowest BCUT2D eigenvalue weighted by molar-refractivity contribution is -0.0500. The minimum absolute atomic E-state index is 0.0414. The highest BCUT2D eigenvalue weighted by Gasteiger charge is 2.48. The predicted octanol–water partition coefficient (Wildman–Crippen LogP) is 4.43. The Morgan fingerprint density at radius 1 is 1.03 bits per heavy atom. The third-order valence-corrected chi connectivity index (χ3v) is 5.76. The Kier molecular flexibility index (Phi) is 6.55. The summed E-state index contributed by atoms with van der Waals surface area (Å²) in [5.41, 5.74) is -3.96. The number of benzene rings is 2. The van der Waals surface area contributed by atoms with Crippen molar-refractivity contribution in [2.45, 2.75) is 30.9 Å². The Labute approximate surface area is 172 Å². The SMILES string of the molecule is O=C(OCc1ccccc1)N1CCC(c2cccc(OS(=O)(=O)C(F)(F)F)c2)CC1. The summed E-state index contributed by atoms with van der Waals surface area (Å²) in [5, 5.41) is 0. The van der Waals surface area contributed by atoms with Crippen molar-refractivity contribution in [3.63, 3.8) is 0 Å². The third-order valence-electron chi connectivity index (χ3n) is 4.78. The summed E-state index contributed by atoms with van der Waals surface area (Å²) in [6, 6.07) is 14.9. The number of nitrogens with zero attached hydrogens (tertiary/aromatic N) is 1. The molecule has 0 radical (unpaired) electrons. The summed E-state index contributed by atoms with van der Waals surface area (Å²) in [5.74, 6) is -0.435. The fraction of sp³-hybridized carbons (Fsp3) is 0.350. The number of amides is 1. The zero-order valence-electron chi connectivity index (χ0n) is 15.8. The Balaban J connectivity index is 1.55. The molecular formula is C20H20F3NO5S. The van der Waals surface area contributed by atoms with Crippen LogP contribution in [0.5, 0.6) is 5.75 Å². The van der Waals surface area contributed by atoms with Crippen molar-refractivity contribution in [3.05, 3.63) is 65.7 Å². The smallest absolute Gasteiger partial charge is 0.445 e. The van der Waals surface area contributed by atoms with E-state index in [4.69, 9.17) is 4.74 Å². The molecular weight excluding hydrogens is 423 g/mol. The molecule has 0 bridgehead atoms. The van der Waals surface area contributed by atoms with Crippen molar-refractivity contribution < 1.29 is 35.3 Å². The van der Waals surface area contributed by atoms with Crippen molar-refractivity contribution in [3.8, 4) is 5.75 Å². The summed E-state index contributed by atoms with van der Waals surface area (Å²) < 4.78 is 69.4. The summed E-state index contributed by atoms with van der Waals surface area (Å²) in [7, 11) is -5.72. The first-order valence-corrected chi connectivity index (χ1v) is 10.6. The Morgan fingerprint density at radius 3 is 2.33 bits per heavy atom. The largest absolute Gasteiger partial charge is 0.534 e. The van der Waals surface area contributed by atoms with E-state index in [0.717, 1.165) is 11.6 Å². The highest BCUT2D eigenvalue weighted by Crippen LogP contribution is 2.32. The van der Waals surface area contributed by atoms with Crippen LogP contribution in [0.1, 0.15) is 29.9 Å². The molecule has 162 valence electrons. The molecule has 1 fully saturated rings. The quantitative estimate of drug-likeness (QED) is 0.505. The maximum absolute atomic E-state index is 12.5. The summed E-state index contributed by atoms with van der Waals surface area (Å²) >= 11 is 0. The van der Waals surface area contributed by atoms with E-state index in [-0.39, 0.29) is 12.5 Å². The van der Waals surface area contributed by atoms with Crippen LogP contribution in [-0.4, -0.2) is 38.0 Å². The molecule has 0 aromatic heterocycles. The van der Waals surface area contributed by atoms with Crippen LogP contribution in [-0.2, 0) is 21.5 Å². The normalized spacial score (nSPS) is 15.6. The molecule has 6 nitrogen and oxygen atoms in total. The lowest BCUT2D eigenvalue weighted by Gasteiger charge is -2.31. The minimum atomic E-state index is -5.72. The van der Waals surface area contributed by atoms with Crippen LogP contribution in [0.15, 0.2) is 54.6 Å². The molecule has 1 aliphatic rings. The van der Waals surface area contributed by atoms with Crippen molar-refractivity contribution in [2.75, 3.05) is 13.1 Å². The maximum Gasteiger partial charge on any atom is 0.534 e. The molecule has 0 aliphatic carbocycles. The van der Waals surface area contributed by atoms with Crippen LogP contribution < -0.4 is 4.18 Å². The van der Waals surface area contributed by atoms with Gasteiger partial charge in [-0.15, -0.1) is 0 Å². The van der Waals surface area contributed by atoms with Gasteiger partial charge in [-0.3, -0.25) is 0 Å². The Bertz CT molecular complexity index is 971. The molecule has 0 saturated carbocycles. The van der Waals surface area contributed by atoms with E-state index in [2.05, 4.69) is 4.18 Å². The molecule has 3 rings (SSSR count). The molecule has 2 aromatic rings. The van der Waals surface area contributed by atoms with Crippen LogP contribution in [0.25, 0.3) is 0 Å². The fourth-order valence-corrected chi connectivity index (χ4v) is 3.65. The van der Waals surface area contributed by atoms with Crippen LogP contribution >= 0.6 is 0 Å². The standard InChI is InChI=1S/C20H20F3NO5S/c21-20(22,23)30(26,27)29-18-8-4-7-17(13-18)16-9-11-24(12-10-16)19(25)28-14-15-5-2-1-3-6-15/h1-8,13,16H,9-12,14H2. The number of hydrogen-bond acceptors (Lipinski definition) is 5. The van der Waals surface area contributed by atoms with Crippen molar-refractivity contribution in [2.24, 2.45) is 0 Å². The predicted molar refractivity (Wildman–Crippen MR) is 102 cm³/mol. The van der Waals surface area contributed by atoms with E-state index in [9.17, 15) is 26.4 Å². The van der Waals surface area contributed by atoms with Gasteiger partial charge in [0.2, 0.25) is 0 Å². The zero-order chi connectivity index (χ0) is 21.8. The number of hydrogen-bond donors (Lipinski definition) is 0. The average Bonchev–Trinajstić information content (AvgIpc) is 2.72. The number of alkyl halides is 3. The molecule has 0 N–H and O–H groups in total. The van der Waals surface area contributed by atoms with E-state index in [1.54, 1.807) is 11.0 Å². The van der Waals surface area contributed by atoms with Gasteiger partial charge < -0.3 is 13.8 Å². The molecule has 1 heterocycles. The van der Waals surface area contributed by atoms with Crippen molar-refractivity contribution >= 4 is 16.2 Å². The van der Waals surface area contributed by atoms with Crippen LogP contribution in [0, 0.1) is 0 Å². The topological polar surface area (TPSA) is 72.9 Å². The molecule has 2 aromatic carbocycles. The Hall–Kier alpha value is -2.75. The fourth-order valence-electron chi connectivity index (χ4n) is 3.20. The van der Waals surface area contributed by atoms with Gasteiger partial charge in [-0.05, 0) is 42.0 Å². The van der Waals surface area contributed by atoms with Gasteiger partial charge in [0.05, 0.1) is 0 Å². The van der Waals surface area contributed by atoms with Gasteiger partial charge in [0.15, 0.2) is 0 Å². The summed E-state index contributed by atoms with van der Waals surface area (Å²) in [4.78, 5) is 13.8. The van der Waals surface area contributed by atoms with Gasteiger partial charge in [-0.2, -0.15) is 21.6 Å². The second-order valence-corrected chi connectivity index (χ2v) is 8.40. The van der Waals surface area contributed by atoms with E-state index < -0.39 is 27.5 Å². The van der Waals surface area contributed by atoms with Crippen molar-refractivity contribution in [1.29, 1.82) is 0 Å². The summed E-state index contributed by atoms with van der Waals surface area (Å²) in [6.07, 6.45) is 0.705. The lowest BCUT2D eigenvalue weighted by atomic mass is 9.89. The van der Waals surface area contributed by atoms with Gasteiger partial charge in [-0.25, -0.2) is 4.79 Å². The number of ether oxygens (including phenoxy) is 1. The number of carbonyl (C=O) groups excluding carboxylic acids is 1. The van der Waals surface area contributed by atoms with E-state index >= 15 is 0 Å². The van der Waals surface area contributed by atoms with Crippen molar-refractivity contribution in [1.82, 2.24) is 4.90 Å².